The normalized spacial score (nSPS) is 35.9. The van der Waals surface area contributed by atoms with E-state index in [4.69, 9.17) is 0 Å². The maximum absolute atomic E-state index is 14.3. The molecule has 0 aromatic heterocycles. The Morgan fingerprint density at radius 3 is 2.26 bits per heavy atom. The molecular weight excluding hydrogens is 450 g/mol. The molecule has 0 bridgehead atoms. The molecule has 1 unspecified atom stereocenters. The number of hydrogen-bond acceptors (Lipinski definition) is 5. The summed E-state index contributed by atoms with van der Waals surface area (Å²) in [5.41, 5.74) is -0.411. The van der Waals surface area contributed by atoms with Gasteiger partial charge in [0.25, 0.3) is 0 Å². The van der Waals surface area contributed by atoms with Gasteiger partial charge in [0.1, 0.15) is 6.04 Å². The quantitative estimate of drug-likeness (QED) is 0.613. The number of aliphatic hydroxyl groups is 1. The van der Waals surface area contributed by atoms with Crippen molar-refractivity contribution in [3.05, 3.63) is 24.3 Å². The minimum absolute atomic E-state index is 0.0148. The van der Waals surface area contributed by atoms with Gasteiger partial charge in [0.05, 0.1) is 23.2 Å². The number of likely N-dealkylation sites (N-methyl/N-ethyl adjacent to an activating group) is 1. The Morgan fingerprint density at radius 1 is 1.00 bits per heavy atom. The van der Waals surface area contributed by atoms with Crippen LogP contribution in [0.4, 0.5) is 0 Å². The van der Waals surface area contributed by atoms with E-state index in [1.807, 2.05) is 30.1 Å². The summed E-state index contributed by atoms with van der Waals surface area (Å²) in [4.78, 5) is 46.9. The van der Waals surface area contributed by atoms with Gasteiger partial charge in [-0.05, 0) is 32.6 Å². The number of carbonyl (C=O) groups excluding carboxylic acids is 3. The van der Waals surface area contributed by atoms with E-state index in [1.54, 1.807) is 28.6 Å². The molecule has 0 radical (unpaired) electrons. The third-order valence-corrected chi connectivity index (χ3v) is 9.59. The summed E-state index contributed by atoms with van der Waals surface area (Å²) in [5, 5.41) is 9.82. The Balaban J connectivity index is 1.84. The number of thioether (sulfide) groups is 1. The van der Waals surface area contributed by atoms with Gasteiger partial charge in [0.2, 0.25) is 17.7 Å². The number of carbonyl (C=O) groups is 3. The number of likely N-dealkylation sites (tertiary alicyclic amines) is 1. The first-order valence-electron chi connectivity index (χ1n) is 12.2. The first kappa shape index (κ1) is 25.3. The van der Waals surface area contributed by atoms with Gasteiger partial charge in [-0.15, -0.1) is 11.8 Å². The SMILES string of the molecule is CN1CC=C[C@]2(C)S[C@]34C=CCN(C(C)(C)CC(C)(C)C)C(=O)C3N(CCO)C(=O)[C@@H]4[C@@H]2C1=O. The number of β-amino-alcohol motifs (C(OH)–C–C–N with tert-alkyl or cyclic N) is 1. The number of amides is 3. The average molecular weight is 490 g/mol. The third-order valence-electron chi connectivity index (χ3n) is 7.79. The minimum atomic E-state index is -0.854. The fraction of sp³-hybridized carbons (Fsp3) is 0.731. The highest BCUT2D eigenvalue weighted by atomic mass is 32.2. The van der Waals surface area contributed by atoms with Crippen LogP contribution in [0.25, 0.3) is 0 Å². The molecular formula is C26H39N3O4S. The molecule has 1 N–H and O–H groups in total. The van der Waals surface area contributed by atoms with Gasteiger partial charge in [-0.2, -0.15) is 0 Å². The molecule has 0 aromatic carbocycles. The summed E-state index contributed by atoms with van der Waals surface area (Å²) in [6.07, 6.45) is 8.91. The Bertz CT molecular complexity index is 954. The maximum atomic E-state index is 14.3. The lowest BCUT2D eigenvalue weighted by Crippen LogP contribution is -2.59. The van der Waals surface area contributed by atoms with E-state index in [1.165, 1.54) is 0 Å². The van der Waals surface area contributed by atoms with E-state index < -0.39 is 32.9 Å². The molecule has 34 heavy (non-hydrogen) atoms. The number of rotatable bonds is 4. The van der Waals surface area contributed by atoms with Crippen LogP contribution in [0.15, 0.2) is 24.3 Å². The van der Waals surface area contributed by atoms with Crippen LogP contribution in [0.5, 0.6) is 0 Å². The fourth-order valence-corrected chi connectivity index (χ4v) is 9.09. The predicted octanol–water partition coefficient (Wildman–Crippen LogP) is 2.31. The zero-order chi connectivity index (χ0) is 25.3. The lowest BCUT2D eigenvalue weighted by atomic mass is 9.74. The molecule has 0 aliphatic carbocycles. The van der Waals surface area contributed by atoms with Crippen molar-refractivity contribution >= 4 is 29.5 Å². The van der Waals surface area contributed by atoms with E-state index in [0.717, 1.165) is 6.42 Å². The van der Waals surface area contributed by atoms with E-state index in [9.17, 15) is 19.5 Å². The lowest BCUT2D eigenvalue weighted by Gasteiger charge is -2.44. The van der Waals surface area contributed by atoms with E-state index in [0.29, 0.717) is 13.1 Å². The van der Waals surface area contributed by atoms with E-state index in [2.05, 4.69) is 40.7 Å². The summed E-state index contributed by atoms with van der Waals surface area (Å²) in [7, 11) is 1.77. The third kappa shape index (κ3) is 3.72. The summed E-state index contributed by atoms with van der Waals surface area (Å²) in [6.45, 7) is 13.5. The van der Waals surface area contributed by atoms with Crippen LogP contribution < -0.4 is 0 Å². The summed E-state index contributed by atoms with van der Waals surface area (Å²) >= 11 is 1.58. The van der Waals surface area contributed by atoms with Crippen molar-refractivity contribution in [3.8, 4) is 0 Å². The average Bonchev–Trinajstić information content (AvgIpc) is 2.95. The van der Waals surface area contributed by atoms with Crippen LogP contribution in [0.3, 0.4) is 0 Å². The fourth-order valence-electron chi connectivity index (χ4n) is 6.93. The van der Waals surface area contributed by atoms with Crippen LogP contribution in [-0.2, 0) is 14.4 Å². The molecule has 0 aromatic rings. The molecule has 5 atom stereocenters. The van der Waals surface area contributed by atoms with Gasteiger partial charge in [0, 0.05) is 37.0 Å². The first-order valence-corrected chi connectivity index (χ1v) is 13.0. The van der Waals surface area contributed by atoms with Crippen LogP contribution in [0.1, 0.15) is 48.0 Å². The Hall–Kier alpha value is -1.80. The summed E-state index contributed by atoms with van der Waals surface area (Å²) < 4.78 is -1.44. The number of hydrogen-bond donors (Lipinski definition) is 1. The Kier molecular flexibility index (Phi) is 6.04. The molecule has 8 heteroatoms. The van der Waals surface area contributed by atoms with E-state index >= 15 is 0 Å². The molecule has 2 saturated heterocycles. The van der Waals surface area contributed by atoms with Crippen molar-refractivity contribution in [2.24, 2.45) is 17.3 Å². The molecule has 4 aliphatic rings. The maximum Gasteiger partial charge on any atom is 0.247 e. The number of aliphatic hydroxyl groups excluding tert-OH is 1. The highest BCUT2D eigenvalue weighted by molar-refractivity contribution is 8.02. The summed E-state index contributed by atoms with van der Waals surface area (Å²) in [5.74, 6) is -1.57. The van der Waals surface area contributed by atoms with Crippen LogP contribution in [-0.4, -0.2) is 91.9 Å². The number of fused-ring (bicyclic) bond motifs is 2. The van der Waals surface area contributed by atoms with Crippen molar-refractivity contribution in [2.75, 3.05) is 33.3 Å². The van der Waals surface area contributed by atoms with Gasteiger partial charge in [-0.25, -0.2) is 0 Å². The van der Waals surface area contributed by atoms with Crippen LogP contribution in [0, 0.1) is 17.3 Å². The second kappa shape index (κ2) is 8.12. The van der Waals surface area contributed by atoms with Crippen molar-refractivity contribution in [1.29, 1.82) is 0 Å². The molecule has 4 aliphatic heterocycles. The Morgan fingerprint density at radius 2 is 1.65 bits per heavy atom. The zero-order valence-electron chi connectivity index (χ0n) is 21.5. The smallest absolute Gasteiger partial charge is 0.247 e. The standard InChI is InChI=1S/C26H39N3O4S/c1-23(2,3)16-24(4,5)29-13-9-11-26-18(21(32)28(14-15-30)19(26)22(29)33)17-20(31)27(7)12-8-10-25(17,6)34-26/h8-11,17-19,30H,12-16H2,1-7H3/t17-,18+,19?,25+,26+/m1/s1. The predicted molar refractivity (Wildman–Crippen MR) is 134 cm³/mol. The second-order valence-corrected chi connectivity index (χ2v) is 14.1. The van der Waals surface area contributed by atoms with Crippen molar-refractivity contribution in [1.82, 2.24) is 14.7 Å². The van der Waals surface area contributed by atoms with Gasteiger partial charge in [0.15, 0.2) is 0 Å². The van der Waals surface area contributed by atoms with Crippen molar-refractivity contribution in [2.45, 2.75) is 69.0 Å². The van der Waals surface area contributed by atoms with Gasteiger partial charge < -0.3 is 19.8 Å². The zero-order valence-corrected chi connectivity index (χ0v) is 22.3. The van der Waals surface area contributed by atoms with E-state index in [-0.39, 0.29) is 36.3 Å². The molecule has 4 rings (SSSR count). The lowest BCUT2D eigenvalue weighted by molar-refractivity contribution is -0.147. The molecule has 0 saturated carbocycles. The summed E-state index contributed by atoms with van der Waals surface area (Å²) in [6, 6.07) is -0.754. The topological polar surface area (TPSA) is 81.2 Å². The molecule has 7 nitrogen and oxygen atoms in total. The molecule has 188 valence electrons. The first-order chi connectivity index (χ1) is 15.7. The van der Waals surface area contributed by atoms with Gasteiger partial charge in [-0.3, -0.25) is 14.4 Å². The van der Waals surface area contributed by atoms with Crippen molar-refractivity contribution < 1.29 is 19.5 Å². The largest absolute Gasteiger partial charge is 0.395 e. The molecule has 4 heterocycles. The minimum Gasteiger partial charge on any atom is -0.395 e. The van der Waals surface area contributed by atoms with Crippen LogP contribution in [0.2, 0.25) is 0 Å². The van der Waals surface area contributed by atoms with Crippen LogP contribution >= 0.6 is 11.8 Å². The van der Waals surface area contributed by atoms with Crippen molar-refractivity contribution in [3.63, 3.8) is 0 Å². The molecule has 3 amide bonds. The highest BCUT2D eigenvalue weighted by Crippen LogP contribution is 2.65. The molecule has 2 fully saturated rings. The second-order valence-electron chi connectivity index (χ2n) is 12.3. The van der Waals surface area contributed by atoms with Gasteiger partial charge >= 0.3 is 0 Å². The highest BCUT2D eigenvalue weighted by Gasteiger charge is 2.74. The number of nitrogens with zero attached hydrogens (tertiary/aromatic N) is 3. The monoisotopic (exact) mass is 489 g/mol. The molecule has 1 spiro atoms. The van der Waals surface area contributed by atoms with Gasteiger partial charge in [-0.1, -0.05) is 45.1 Å². The Labute approximate surface area is 207 Å².